The van der Waals surface area contributed by atoms with Crippen LogP contribution < -0.4 is 5.73 Å². The smallest absolute Gasteiger partial charge is 0.251 e. The monoisotopic (exact) mass is 416 g/mol. The first-order valence-corrected chi connectivity index (χ1v) is 9.41. The number of benzene rings is 1. The number of halogens is 1. The number of amides is 1. The lowest BCUT2D eigenvalue weighted by Crippen LogP contribution is -2.09. The van der Waals surface area contributed by atoms with Gasteiger partial charge in [-0.15, -0.1) is 0 Å². The molecule has 0 bridgehead atoms. The van der Waals surface area contributed by atoms with Crippen LogP contribution in [0.1, 0.15) is 16.2 Å². The van der Waals surface area contributed by atoms with Gasteiger partial charge in [-0.3, -0.25) is 4.79 Å². The van der Waals surface area contributed by atoms with Crippen LogP contribution in [0.3, 0.4) is 0 Å². The maximum absolute atomic E-state index is 13.4. The Bertz CT molecular complexity index is 1440. The van der Waals surface area contributed by atoms with Crippen molar-refractivity contribution in [1.82, 2.24) is 33.9 Å². The molecule has 0 atom stereocenters. The van der Waals surface area contributed by atoms with E-state index in [1.807, 2.05) is 30.7 Å². The van der Waals surface area contributed by atoms with Crippen LogP contribution in [0.25, 0.3) is 34.1 Å². The van der Waals surface area contributed by atoms with Gasteiger partial charge in [-0.05, 0) is 43.3 Å². The number of primary amides is 1. The van der Waals surface area contributed by atoms with Crippen LogP contribution in [0.5, 0.6) is 0 Å². The minimum Gasteiger partial charge on any atom is -0.366 e. The van der Waals surface area contributed by atoms with E-state index in [4.69, 9.17) is 10.8 Å². The maximum Gasteiger partial charge on any atom is 0.251 e. The van der Waals surface area contributed by atoms with E-state index in [0.717, 1.165) is 17.1 Å². The van der Waals surface area contributed by atoms with Crippen molar-refractivity contribution in [2.45, 2.75) is 6.92 Å². The Kier molecular flexibility index (Phi) is 4.14. The van der Waals surface area contributed by atoms with Crippen LogP contribution >= 0.6 is 0 Å². The number of nitrogens with zero attached hydrogens (tertiary/aromatic N) is 7. The van der Waals surface area contributed by atoms with Crippen molar-refractivity contribution in [1.29, 1.82) is 0 Å². The van der Waals surface area contributed by atoms with Crippen LogP contribution in [0, 0.1) is 12.7 Å². The highest BCUT2D eigenvalue weighted by Gasteiger charge is 2.18. The average molecular weight is 416 g/mol. The van der Waals surface area contributed by atoms with Gasteiger partial charge in [0.15, 0.2) is 11.5 Å². The summed E-state index contributed by atoms with van der Waals surface area (Å²) in [5.74, 6) is 0.437. The zero-order valence-electron chi connectivity index (χ0n) is 16.7. The summed E-state index contributed by atoms with van der Waals surface area (Å²) in [5, 5.41) is 8.83. The second-order valence-electron chi connectivity index (χ2n) is 7.08. The van der Waals surface area contributed by atoms with Crippen molar-refractivity contribution in [2.24, 2.45) is 12.8 Å². The number of imidazole rings is 2. The first kappa shape index (κ1) is 18.7. The molecule has 9 nitrogen and oxygen atoms in total. The van der Waals surface area contributed by atoms with Gasteiger partial charge < -0.3 is 10.3 Å². The lowest BCUT2D eigenvalue weighted by molar-refractivity contribution is 0.100. The standard InChI is InChI=1S/C21H17FN8O/c1-12-25-19(13-3-5-15(22)6-4-13)20(28(12)2)16-7-8-17-26-18(11-30(17)27-16)29-10-14(9-24-29)21(23)31/h3-11H,1-2H3,(H2,23,31). The topological polar surface area (TPSA) is 109 Å². The van der Waals surface area contributed by atoms with E-state index in [9.17, 15) is 9.18 Å². The highest BCUT2D eigenvalue weighted by molar-refractivity contribution is 5.92. The summed E-state index contributed by atoms with van der Waals surface area (Å²) in [6, 6.07) is 9.90. The Morgan fingerprint density at radius 2 is 1.84 bits per heavy atom. The number of fused-ring (bicyclic) bond motifs is 1. The number of nitrogens with two attached hydrogens (primary N) is 1. The van der Waals surface area contributed by atoms with Crippen molar-refractivity contribution in [3.05, 3.63) is 72.2 Å². The zero-order chi connectivity index (χ0) is 21.7. The van der Waals surface area contributed by atoms with Gasteiger partial charge in [0.25, 0.3) is 5.91 Å². The third-order valence-electron chi connectivity index (χ3n) is 5.09. The predicted molar refractivity (Wildman–Crippen MR) is 111 cm³/mol. The molecule has 154 valence electrons. The number of hydrogen-bond acceptors (Lipinski definition) is 5. The molecule has 5 rings (SSSR count). The molecule has 0 saturated heterocycles. The lowest BCUT2D eigenvalue weighted by atomic mass is 10.1. The van der Waals surface area contributed by atoms with Crippen LogP contribution in [-0.4, -0.2) is 39.8 Å². The quantitative estimate of drug-likeness (QED) is 0.484. The molecule has 0 unspecified atom stereocenters. The van der Waals surface area contributed by atoms with E-state index in [1.54, 1.807) is 22.8 Å². The summed E-state index contributed by atoms with van der Waals surface area (Å²) in [4.78, 5) is 20.5. The van der Waals surface area contributed by atoms with Crippen LogP contribution in [0.2, 0.25) is 0 Å². The van der Waals surface area contributed by atoms with Gasteiger partial charge in [-0.25, -0.2) is 23.6 Å². The normalized spacial score (nSPS) is 11.3. The molecule has 0 radical (unpaired) electrons. The van der Waals surface area contributed by atoms with Crippen LogP contribution in [0.15, 0.2) is 55.0 Å². The number of carbonyl (C=O) groups excluding carboxylic acids is 1. The Labute approximate surface area is 175 Å². The Morgan fingerprint density at radius 1 is 1.06 bits per heavy atom. The maximum atomic E-state index is 13.4. The first-order chi connectivity index (χ1) is 14.9. The molecule has 1 amide bonds. The molecule has 0 saturated carbocycles. The van der Waals surface area contributed by atoms with E-state index >= 15 is 0 Å². The molecule has 10 heteroatoms. The van der Waals surface area contributed by atoms with Gasteiger partial charge in [0, 0.05) is 18.8 Å². The summed E-state index contributed by atoms with van der Waals surface area (Å²) in [7, 11) is 1.91. The fourth-order valence-electron chi connectivity index (χ4n) is 3.39. The SMILES string of the molecule is Cc1nc(-c2ccc(F)cc2)c(-c2ccc3nc(-n4cc(C(N)=O)cn4)cn3n2)n1C. The zero-order valence-corrected chi connectivity index (χ0v) is 16.7. The summed E-state index contributed by atoms with van der Waals surface area (Å²) >= 11 is 0. The number of hydrogen-bond donors (Lipinski definition) is 1. The van der Waals surface area contributed by atoms with Gasteiger partial charge in [0.2, 0.25) is 0 Å². The number of carbonyl (C=O) groups is 1. The molecule has 0 spiro atoms. The molecular formula is C21H17FN8O. The van der Waals surface area contributed by atoms with Crippen molar-refractivity contribution >= 4 is 11.6 Å². The van der Waals surface area contributed by atoms with E-state index in [0.29, 0.717) is 28.4 Å². The molecule has 0 aliphatic rings. The molecule has 0 fully saturated rings. The molecule has 5 aromatic rings. The molecule has 2 N–H and O–H groups in total. The third-order valence-corrected chi connectivity index (χ3v) is 5.09. The van der Waals surface area contributed by atoms with Gasteiger partial charge in [0.05, 0.1) is 29.3 Å². The van der Waals surface area contributed by atoms with Gasteiger partial charge in [-0.2, -0.15) is 10.2 Å². The fraction of sp³-hybridized carbons (Fsp3) is 0.0952. The van der Waals surface area contributed by atoms with Crippen molar-refractivity contribution in [2.75, 3.05) is 0 Å². The summed E-state index contributed by atoms with van der Waals surface area (Å²) in [6.45, 7) is 1.90. The third kappa shape index (κ3) is 3.14. The molecule has 4 aromatic heterocycles. The molecule has 31 heavy (non-hydrogen) atoms. The first-order valence-electron chi connectivity index (χ1n) is 9.41. The van der Waals surface area contributed by atoms with E-state index < -0.39 is 5.91 Å². The summed E-state index contributed by atoms with van der Waals surface area (Å²) in [5.41, 5.74) is 9.18. The van der Waals surface area contributed by atoms with Crippen molar-refractivity contribution in [3.8, 4) is 28.5 Å². The molecule has 0 aliphatic carbocycles. The highest BCUT2D eigenvalue weighted by atomic mass is 19.1. The molecule has 4 heterocycles. The lowest BCUT2D eigenvalue weighted by Gasteiger charge is -2.07. The average Bonchev–Trinajstić information content (AvgIpc) is 3.46. The Balaban J connectivity index is 1.61. The second kappa shape index (κ2) is 6.87. The number of aryl methyl sites for hydroxylation is 1. The Morgan fingerprint density at radius 3 is 2.55 bits per heavy atom. The molecule has 0 aliphatic heterocycles. The number of rotatable bonds is 4. The van der Waals surface area contributed by atoms with Crippen LogP contribution in [0.4, 0.5) is 4.39 Å². The minimum absolute atomic E-state index is 0.292. The fourth-order valence-corrected chi connectivity index (χ4v) is 3.39. The van der Waals surface area contributed by atoms with Crippen molar-refractivity contribution in [3.63, 3.8) is 0 Å². The number of aromatic nitrogens is 7. The van der Waals surface area contributed by atoms with Gasteiger partial charge in [-0.1, -0.05) is 0 Å². The van der Waals surface area contributed by atoms with Crippen LogP contribution in [-0.2, 0) is 7.05 Å². The highest BCUT2D eigenvalue weighted by Crippen LogP contribution is 2.31. The molecule has 1 aromatic carbocycles. The van der Waals surface area contributed by atoms with E-state index in [2.05, 4.69) is 15.1 Å². The van der Waals surface area contributed by atoms with Crippen molar-refractivity contribution < 1.29 is 9.18 Å². The minimum atomic E-state index is -0.560. The largest absolute Gasteiger partial charge is 0.366 e. The van der Waals surface area contributed by atoms with Gasteiger partial charge in [0.1, 0.15) is 17.3 Å². The van der Waals surface area contributed by atoms with E-state index in [1.165, 1.54) is 29.2 Å². The predicted octanol–water partition coefficient (Wildman–Crippen LogP) is 2.53. The van der Waals surface area contributed by atoms with E-state index in [-0.39, 0.29) is 5.82 Å². The second-order valence-corrected chi connectivity index (χ2v) is 7.08. The summed E-state index contributed by atoms with van der Waals surface area (Å²) in [6.07, 6.45) is 4.61. The molecular weight excluding hydrogens is 399 g/mol. The summed E-state index contributed by atoms with van der Waals surface area (Å²) < 4.78 is 18.4. The Hall–Kier alpha value is -4.34. The van der Waals surface area contributed by atoms with Gasteiger partial charge >= 0.3 is 0 Å².